The molecule has 2 aliphatic heterocycles. The Morgan fingerprint density at radius 2 is 1.59 bits per heavy atom. The molecule has 1 atom stereocenters. The van der Waals surface area contributed by atoms with Crippen LogP contribution in [0.15, 0.2) is 60.7 Å². The van der Waals surface area contributed by atoms with Gasteiger partial charge in [0, 0.05) is 12.2 Å². The van der Waals surface area contributed by atoms with Crippen molar-refractivity contribution < 1.29 is 14.3 Å². The molecule has 2 heterocycles. The molecule has 5 rings (SSSR count). The fourth-order valence-electron chi connectivity index (χ4n) is 4.89. The number of likely N-dealkylation sites (tertiary alicyclic amines) is 1. The first-order chi connectivity index (χ1) is 14.1. The minimum absolute atomic E-state index is 0.0202. The minimum Gasteiger partial charge on any atom is -0.361 e. The lowest BCUT2D eigenvalue weighted by Crippen LogP contribution is -2.63. The number of anilines is 1. The van der Waals surface area contributed by atoms with Gasteiger partial charge in [-0.15, -0.1) is 0 Å². The number of hydrogen-bond acceptors (Lipinski definition) is 3. The van der Waals surface area contributed by atoms with E-state index in [2.05, 4.69) is 12.1 Å². The van der Waals surface area contributed by atoms with Gasteiger partial charge in [0.05, 0.1) is 18.5 Å². The third-order valence-electron chi connectivity index (χ3n) is 6.63. The molecule has 3 fully saturated rings. The number of amides is 2. The molecule has 1 unspecified atom stereocenters. The van der Waals surface area contributed by atoms with Gasteiger partial charge in [-0.2, -0.15) is 0 Å². The van der Waals surface area contributed by atoms with E-state index in [1.165, 1.54) is 0 Å². The van der Waals surface area contributed by atoms with Crippen LogP contribution in [0.25, 0.3) is 0 Å². The minimum atomic E-state index is -0.482. The van der Waals surface area contributed by atoms with E-state index >= 15 is 0 Å². The second kappa shape index (κ2) is 6.99. The van der Waals surface area contributed by atoms with Crippen molar-refractivity contribution in [2.45, 2.75) is 36.7 Å². The summed E-state index contributed by atoms with van der Waals surface area (Å²) in [7, 11) is 0. The van der Waals surface area contributed by atoms with Crippen LogP contribution in [0.4, 0.5) is 5.69 Å². The van der Waals surface area contributed by atoms with Crippen LogP contribution < -0.4 is 4.90 Å². The Hall–Kier alpha value is -2.66. The molecule has 1 aliphatic carbocycles. The molecule has 150 valence electrons. The van der Waals surface area contributed by atoms with Gasteiger partial charge in [-0.25, -0.2) is 0 Å². The summed E-state index contributed by atoms with van der Waals surface area (Å²) in [6.07, 6.45) is 3.59. The fraction of sp³-hybridized carbons (Fsp3) is 0.417. The summed E-state index contributed by atoms with van der Waals surface area (Å²) in [5.74, 6) is 0.197. The Morgan fingerprint density at radius 1 is 0.897 bits per heavy atom. The molecule has 1 saturated carbocycles. The van der Waals surface area contributed by atoms with E-state index in [4.69, 9.17) is 4.74 Å². The van der Waals surface area contributed by atoms with E-state index < -0.39 is 5.60 Å². The van der Waals surface area contributed by atoms with Crippen molar-refractivity contribution >= 4 is 17.5 Å². The summed E-state index contributed by atoms with van der Waals surface area (Å²) in [4.78, 5) is 29.8. The third-order valence-corrected chi connectivity index (χ3v) is 6.63. The Labute approximate surface area is 171 Å². The van der Waals surface area contributed by atoms with Gasteiger partial charge < -0.3 is 14.5 Å². The highest BCUT2D eigenvalue weighted by molar-refractivity contribution is 5.95. The highest BCUT2D eigenvalue weighted by atomic mass is 16.5. The monoisotopic (exact) mass is 390 g/mol. The number of para-hydroxylation sites is 1. The second-order valence-corrected chi connectivity index (χ2v) is 8.57. The maximum absolute atomic E-state index is 13.5. The molecule has 2 amide bonds. The summed E-state index contributed by atoms with van der Waals surface area (Å²) >= 11 is 0. The summed E-state index contributed by atoms with van der Waals surface area (Å²) in [5.41, 5.74) is 1.18. The Balaban J connectivity index is 1.36. The highest BCUT2D eigenvalue weighted by Crippen LogP contribution is 2.50. The number of hydrogen-bond donors (Lipinski definition) is 0. The molecule has 29 heavy (non-hydrogen) atoms. The number of carbonyl (C=O) groups excluding carboxylic acids is 2. The molecular formula is C24H26N2O3. The molecule has 5 heteroatoms. The Kier molecular flexibility index (Phi) is 4.43. The highest BCUT2D eigenvalue weighted by Gasteiger charge is 2.55. The molecule has 2 aromatic carbocycles. The lowest BCUT2D eigenvalue weighted by molar-refractivity contribution is -0.154. The molecule has 0 aromatic heterocycles. The molecule has 0 bridgehead atoms. The lowest BCUT2D eigenvalue weighted by atomic mass is 9.87. The van der Waals surface area contributed by atoms with E-state index in [-0.39, 0.29) is 23.8 Å². The van der Waals surface area contributed by atoms with Crippen LogP contribution in [0.3, 0.4) is 0 Å². The van der Waals surface area contributed by atoms with Crippen molar-refractivity contribution in [2.24, 2.45) is 0 Å². The topological polar surface area (TPSA) is 49.9 Å². The summed E-state index contributed by atoms with van der Waals surface area (Å²) in [5, 5.41) is 0. The maximum Gasteiger partial charge on any atom is 0.253 e. The van der Waals surface area contributed by atoms with Gasteiger partial charge in [-0.3, -0.25) is 9.59 Å². The molecular weight excluding hydrogens is 364 g/mol. The van der Waals surface area contributed by atoms with Crippen LogP contribution in [0.2, 0.25) is 0 Å². The Morgan fingerprint density at radius 3 is 2.28 bits per heavy atom. The van der Waals surface area contributed by atoms with Crippen molar-refractivity contribution in [3.05, 3.63) is 66.2 Å². The number of ether oxygens (including phenoxy) is 1. The number of nitrogens with zero attached hydrogens (tertiary/aromatic N) is 2. The third kappa shape index (κ3) is 3.23. The van der Waals surface area contributed by atoms with Crippen molar-refractivity contribution in [3.8, 4) is 0 Å². The van der Waals surface area contributed by atoms with Crippen molar-refractivity contribution in [1.82, 2.24) is 4.90 Å². The van der Waals surface area contributed by atoms with Crippen LogP contribution in [0, 0.1) is 0 Å². The van der Waals surface area contributed by atoms with Crippen LogP contribution in [0.5, 0.6) is 0 Å². The van der Waals surface area contributed by atoms with E-state index in [9.17, 15) is 9.59 Å². The average Bonchev–Trinajstić information content (AvgIpc) is 3.59. The van der Waals surface area contributed by atoms with E-state index in [0.29, 0.717) is 13.1 Å². The normalized spacial score (nSPS) is 25.9. The zero-order valence-electron chi connectivity index (χ0n) is 16.5. The number of carbonyl (C=O) groups is 2. The lowest BCUT2D eigenvalue weighted by Gasteiger charge is -2.48. The quantitative estimate of drug-likeness (QED) is 0.809. The second-order valence-electron chi connectivity index (χ2n) is 8.57. The molecule has 2 aromatic rings. The van der Waals surface area contributed by atoms with Crippen LogP contribution in [-0.2, 0) is 19.7 Å². The average molecular weight is 390 g/mol. The van der Waals surface area contributed by atoms with E-state index in [0.717, 1.165) is 43.5 Å². The van der Waals surface area contributed by atoms with Crippen molar-refractivity contribution in [2.75, 3.05) is 31.1 Å². The SMILES string of the molecule is O=C1COC2(CCCN(C(=O)C3(c4ccccc4)CC3)C2)CN1c1ccccc1. The standard InChI is InChI=1S/C24H26N2O3/c27-21-16-29-23(18-26(21)20-10-5-2-6-11-20)12-7-15-25(17-23)22(28)24(13-14-24)19-8-3-1-4-9-19/h1-6,8-11H,7,12-18H2. The van der Waals surface area contributed by atoms with Gasteiger partial charge in [0.1, 0.15) is 12.2 Å². The molecule has 3 aliphatic rings. The van der Waals surface area contributed by atoms with Crippen LogP contribution in [-0.4, -0.2) is 48.6 Å². The van der Waals surface area contributed by atoms with E-state index in [1.807, 2.05) is 58.3 Å². The Bertz CT molecular complexity index is 910. The summed E-state index contributed by atoms with van der Waals surface area (Å²) in [6.45, 7) is 1.88. The van der Waals surface area contributed by atoms with Gasteiger partial charge in [-0.1, -0.05) is 48.5 Å². The number of piperidine rings is 1. The molecule has 2 saturated heterocycles. The first kappa shape index (κ1) is 18.4. The van der Waals surface area contributed by atoms with Crippen molar-refractivity contribution in [3.63, 3.8) is 0 Å². The zero-order valence-corrected chi connectivity index (χ0v) is 16.5. The maximum atomic E-state index is 13.5. The molecule has 0 radical (unpaired) electrons. The largest absolute Gasteiger partial charge is 0.361 e. The summed E-state index contributed by atoms with van der Waals surface area (Å²) < 4.78 is 6.10. The predicted octanol–water partition coefficient (Wildman–Crippen LogP) is 3.14. The van der Waals surface area contributed by atoms with Gasteiger partial charge in [0.2, 0.25) is 5.91 Å². The number of morpholine rings is 1. The van der Waals surface area contributed by atoms with Crippen LogP contribution in [0.1, 0.15) is 31.2 Å². The van der Waals surface area contributed by atoms with Gasteiger partial charge in [-0.05, 0) is 43.4 Å². The number of benzene rings is 2. The zero-order chi connectivity index (χ0) is 19.9. The summed E-state index contributed by atoms with van der Waals surface area (Å²) in [6, 6.07) is 19.9. The van der Waals surface area contributed by atoms with Gasteiger partial charge >= 0.3 is 0 Å². The molecule has 5 nitrogen and oxygen atoms in total. The predicted molar refractivity (Wildman–Crippen MR) is 111 cm³/mol. The molecule has 0 N–H and O–H groups in total. The van der Waals surface area contributed by atoms with Gasteiger partial charge in [0.15, 0.2) is 0 Å². The first-order valence-corrected chi connectivity index (χ1v) is 10.5. The van der Waals surface area contributed by atoms with E-state index in [1.54, 1.807) is 0 Å². The fourth-order valence-corrected chi connectivity index (χ4v) is 4.89. The smallest absolute Gasteiger partial charge is 0.253 e. The van der Waals surface area contributed by atoms with Gasteiger partial charge in [0.25, 0.3) is 5.91 Å². The number of rotatable bonds is 3. The van der Waals surface area contributed by atoms with Crippen molar-refractivity contribution in [1.29, 1.82) is 0 Å². The first-order valence-electron chi connectivity index (χ1n) is 10.5. The van der Waals surface area contributed by atoms with Crippen LogP contribution >= 0.6 is 0 Å². The molecule has 1 spiro atoms.